The molecule has 1 aliphatic carbocycles. The number of amides is 3. The van der Waals surface area contributed by atoms with Gasteiger partial charge in [-0.15, -0.1) is 0 Å². The quantitative estimate of drug-likeness (QED) is 0.766. The Morgan fingerprint density at radius 1 is 1.14 bits per heavy atom. The molecule has 9 heteroatoms. The van der Waals surface area contributed by atoms with Gasteiger partial charge in [-0.05, 0) is 61.7 Å². The lowest BCUT2D eigenvalue weighted by atomic mass is 9.94. The highest BCUT2D eigenvalue weighted by atomic mass is 32.2. The number of aromatic nitrogens is 3. The molecule has 2 heterocycles. The summed E-state index contributed by atoms with van der Waals surface area (Å²) in [6, 6.07) is 7.05. The van der Waals surface area contributed by atoms with Gasteiger partial charge in [0.2, 0.25) is 5.91 Å². The Balaban J connectivity index is 1.39. The van der Waals surface area contributed by atoms with Crippen LogP contribution in [0.1, 0.15) is 32.1 Å². The Morgan fingerprint density at radius 2 is 1.89 bits per heavy atom. The maximum absolute atomic E-state index is 12.6. The molecule has 8 nitrogen and oxygen atoms in total. The minimum absolute atomic E-state index is 0.286. The topological polar surface area (TPSA) is 108 Å². The molecule has 0 radical (unpaired) electrons. The summed E-state index contributed by atoms with van der Waals surface area (Å²) in [4.78, 5) is 42.8. The number of carbonyl (C=O) groups excluding carboxylic acids is 3. The molecular weight excluding hydrogens is 378 g/mol. The van der Waals surface area contributed by atoms with Crippen molar-refractivity contribution in [3.63, 3.8) is 0 Å². The number of carbonyl (C=O) groups is 3. The van der Waals surface area contributed by atoms with Gasteiger partial charge in [-0.3, -0.25) is 24.4 Å². The number of H-pyrrole nitrogens is 1. The van der Waals surface area contributed by atoms with E-state index in [9.17, 15) is 14.4 Å². The second-order valence-electron chi connectivity index (χ2n) is 6.71. The number of hydrogen-bond acceptors (Lipinski definition) is 6. The summed E-state index contributed by atoms with van der Waals surface area (Å²) >= 11 is 0.958. The van der Waals surface area contributed by atoms with E-state index in [4.69, 9.17) is 0 Å². The molecule has 1 aliphatic heterocycles. The van der Waals surface area contributed by atoms with Gasteiger partial charge < -0.3 is 5.32 Å². The lowest BCUT2D eigenvalue weighted by molar-refractivity contribution is -0.127. The predicted octanol–water partition coefficient (Wildman–Crippen LogP) is 3.32. The molecule has 28 heavy (non-hydrogen) atoms. The van der Waals surface area contributed by atoms with E-state index in [2.05, 4.69) is 20.5 Å². The van der Waals surface area contributed by atoms with Crippen LogP contribution in [0.15, 0.2) is 41.1 Å². The van der Waals surface area contributed by atoms with E-state index in [1.807, 2.05) is 0 Å². The van der Waals surface area contributed by atoms with Crippen LogP contribution in [0.3, 0.4) is 0 Å². The van der Waals surface area contributed by atoms with Gasteiger partial charge in [0.15, 0.2) is 5.82 Å². The Kier molecular flexibility index (Phi) is 5.25. The van der Waals surface area contributed by atoms with E-state index in [0.717, 1.165) is 59.9 Å². The van der Waals surface area contributed by atoms with Crippen LogP contribution in [-0.4, -0.2) is 43.7 Å². The standard InChI is InChI=1S/C19H19N5O3S/c25-15(22-14-8-6-13(7-9-14)17-20-11-21-23-17)10-24-18(26)16(28-19(24)27)12-4-2-1-3-5-12/h6-9,11H,1-5,10H2,(H,22,25)(H,20,21,23). The minimum Gasteiger partial charge on any atom is -0.325 e. The molecule has 2 aliphatic rings. The summed E-state index contributed by atoms with van der Waals surface area (Å²) in [5.41, 5.74) is 2.46. The number of benzene rings is 1. The molecule has 2 fully saturated rings. The first-order valence-electron chi connectivity index (χ1n) is 9.13. The normalized spacial score (nSPS) is 17.4. The number of thioether (sulfide) groups is 1. The average molecular weight is 397 g/mol. The molecule has 0 unspecified atom stereocenters. The van der Waals surface area contributed by atoms with Crippen molar-refractivity contribution < 1.29 is 14.4 Å². The molecule has 144 valence electrons. The van der Waals surface area contributed by atoms with Gasteiger partial charge in [0, 0.05) is 11.3 Å². The Morgan fingerprint density at radius 3 is 2.57 bits per heavy atom. The number of imide groups is 1. The van der Waals surface area contributed by atoms with E-state index in [-0.39, 0.29) is 17.7 Å². The number of hydrogen-bond donors (Lipinski definition) is 2. The summed E-state index contributed by atoms with van der Waals surface area (Å²) in [5, 5.41) is 8.91. The maximum Gasteiger partial charge on any atom is 0.294 e. The number of anilines is 1. The molecule has 2 aromatic rings. The maximum atomic E-state index is 12.6. The van der Waals surface area contributed by atoms with E-state index in [0.29, 0.717) is 16.4 Å². The zero-order valence-electron chi connectivity index (χ0n) is 15.1. The zero-order chi connectivity index (χ0) is 19.5. The first-order valence-corrected chi connectivity index (χ1v) is 9.95. The first kappa shape index (κ1) is 18.4. The van der Waals surface area contributed by atoms with Crippen molar-refractivity contribution in [2.24, 2.45) is 0 Å². The molecule has 1 aromatic carbocycles. The van der Waals surface area contributed by atoms with Crippen molar-refractivity contribution >= 4 is 34.5 Å². The van der Waals surface area contributed by atoms with Crippen LogP contribution in [0.5, 0.6) is 0 Å². The van der Waals surface area contributed by atoms with E-state index in [1.165, 1.54) is 6.33 Å². The molecule has 4 rings (SSSR count). The highest BCUT2D eigenvalue weighted by Gasteiger charge is 2.38. The van der Waals surface area contributed by atoms with Crippen LogP contribution in [0, 0.1) is 0 Å². The van der Waals surface area contributed by atoms with Crippen LogP contribution in [0.25, 0.3) is 11.4 Å². The molecule has 0 spiro atoms. The third kappa shape index (κ3) is 3.84. The Labute approximate surface area is 165 Å². The molecule has 1 saturated carbocycles. The lowest BCUT2D eigenvalue weighted by Crippen LogP contribution is -2.36. The van der Waals surface area contributed by atoms with Gasteiger partial charge in [-0.1, -0.05) is 12.0 Å². The highest BCUT2D eigenvalue weighted by molar-refractivity contribution is 8.18. The van der Waals surface area contributed by atoms with Crippen molar-refractivity contribution in [2.75, 3.05) is 11.9 Å². The summed E-state index contributed by atoms with van der Waals surface area (Å²) in [6.07, 6.45) is 6.39. The molecule has 2 N–H and O–H groups in total. The van der Waals surface area contributed by atoms with Gasteiger partial charge >= 0.3 is 0 Å². The van der Waals surface area contributed by atoms with Gasteiger partial charge in [0.25, 0.3) is 11.1 Å². The lowest BCUT2D eigenvalue weighted by Gasteiger charge is -2.16. The molecule has 1 aromatic heterocycles. The molecule has 1 saturated heterocycles. The van der Waals surface area contributed by atoms with Crippen molar-refractivity contribution in [3.8, 4) is 11.4 Å². The van der Waals surface area contributed by atoms with Gasteiger partial charge in [-0.2, -0.15) is 5.10 Å². The van der Waals surface area contributed by atoms with Crippen LogP contribution >= 0.6 is 11.8 Å². The summed E-state index contributed by atoms with van der Waals surface area (Å²) < 4.78 is 0. The molecule has 0 bridgehead atoms. The zero-order valence-corrected chi connectivity index (χ0v) is 15.9. The molecule has 3 amide bonds. The van der Waals surface area contributed by atoms with E-state index in [1.54, 1.807) is 24.3 Å². The monoisotopic (exact) mass is 397 g/mol. The fourth-order valence-corrected chi connectivity index (χ4v) is 4.34. The number of aromatic amines is 1. The number of nitrogens with one attached hydrogen (secondary N) is 2. The van der Waals surface area contributed by atoms with Crippen LogP contribution in [0.2, 0.25) is 0 Å². The van der Waals surface area contributed by atoms with Gasteiger partial charge in [0.05, 0.1) is 4.91 Å². The SMILES string of the molecule is O=C(CN1C(=O)SC(=C2CCCCC2)C1=O)Nc1ccc(-c2ncn[nH]2)cc1. The molecule has 0 atom stereocenters. The second kappa shape index (κ2) is 7.97. The van der Waals surface area contributed by atoms with Crippen molar-refractivity contribution in [1.29, 1.82) is 0 Å². The van der Waals surface area contributed by atoms with Crippen molar-refractivity contribution in [3.05, 3.63) is 41.1 Å². The van der Waals surface area contributed by atoms with Crippen LogP contribution < -0.4 is 5.32 Å². The van der Waals surface area contributed by atoms with Crippen LogP contribution in [0.4, 0.5) is 10.5 Å². The summed E-state index contributed by atoms with van der Waals surface area (Å²) in [6.45, 7) is -0.286. The predicted molar refractivity (Wildman–Crippen MR) is 105 cm³/mol. The van der Waals surface area contributed by atoms with E-state index < -0.39 is 5.91 Å². The fourth-order valence-electron chi connectivity index (χ4n) is 3.36. The summed E-state index contributed by atoms with van der Waals surface area (Å²) in [7, 11) is 0. The highest BCUT2D eigenvalue weighted by Crippen LogP contribution is 2.38. The van der Waals surface area contributed by atoms with Crippen molar-refractivity contribution in [1.82, 2.24) is 20.1 Å². The number of rotatable bonds is 4. The average Bonchev–Trinajstić information content (AvgIpc) is 3.34. The third-order valence-corrected chi connectivity index (χ3v) is 5.85. The smallest absolute Gasteiger partial charge is 0.294 e. The Hall–Kier alpha value is -2.94. The van der Waals surface area contributed by atoms with Gasteiger partial charge in [0.1, 0.15) is 12.9 Å². The van der Waals surface area contributed by atoms with Crippen LogP contribution in [-0.2, 0) is 9.59 Å². The third-order valence-electron chi connectivity index (χ3n) is 4.79. The fraction of sp³-hybridized carbons (Fsp3) is 0.316. The number of nitrogens with zero attached hydrogens (tertiary/aromatic N) is 3. The van der Waals surface area contributed by atoms with E-state index >= 15 is 0 Å². The van der Waals surface area contributed by atoms with Crippen molar-refractivity contribution in [2.45, 2.75) is 32.1 Å². The largest absolute Gasteiger partial charge is 0.325 e. The van der Waals surface area contributed by atoms with Gasteiger partial charge in [-0.25, -0.2) is 4.98 Å². The minimum atomic E-state index is -0.412. The molecular formula is C19H19N5O3S. The first-order chi connectivity index (χ1) is 13.6. The number of allylic oxidation sites excluding steroid dienone is 1. The second-order valence-corrected chi connectivity index (χ2v) is 7.67. The summed E-state index contributed by atoms with van der Waals surface area (Å²) in [5.74, 6) is -0.126. The Bertz CT molecular complexity index is 929.